The number of hydrogen-bond donors (Lipinski definition) is 1. The Bertz CT molecular complexity index is 628. The van der Waals surface area contributed by atoms with E-state index >= 15 is 0 Å². The number of likely N-dealkylation sites (tertiary alicyclic amines) is 1. The number of ketones is 1. The molecule has 0 aromatic heterocycles. The van der Waals surface area contributed by atoms with Crippen molar-refractivity contribution in [2.75, 3.05) is 20.1 Å². The zero-order valence-corrected chi connectivity index (χ0v) is 24.3. The number of nitrogens with zero attached hydrogens (tertiary/aromatic N) is 2. The van der Waals surface area contributed by atoms with E-state index < -0.39 is 6.04 Å². The van der Waals surface area contributed by atoms with Crippen molar-refractivity contribution in [3.8, 4) is 0 Å². The van der Waals surface area contributed by atoms with Crippen molar-refractivity contribution in [2.24, 2.45) is 11.8 Å². The molecule has 0 aliphatic carbocycles. The molecule has 3 atom stereocenters. The van der Waals surface area contributed by atoms with E-state index in [0.717, 1.165) is 25.8 Å². The first-order valence-corrected chi connectivity index (χ1v) is 13.4. The third-order valence-electron chi connectivity index (χ3n) is 6.09. The molecular weight excluding hydrogens is 426 g/mol. The predicted molar refractivity (Wildman–Crippen MR) is 145 cm³/mol. The van der Waals surface area contributed by atoms with E-state index in [0.29, 0.717) is 18.0 Å². The Balaban J connectivity index is 0. The Hall–Kier alpha value is -1.69. The predicted octanol–water partition coefficient (Wildman–Crippen LogP) is 5.46. The van der Waals surface area contributed by atoms with Gasteiger partial charge in [-0.1, -0.05) is 67.4 Å². The van der Waals surface area contributed by atoms with Gasteiger partial charge in [0.25, 0.3) is 0 Å². The lowest BCUT2D eigenvalue weighted by Crippen LogP contribution is -2.58. The van der Waals surface area contributed by atoms with Crippen LogP contribution in [-0.2, 0) is 14.4 Å². The van der Waals surface area contributed by atoms with Crippen LogP contribution in [0.5, 0.6) is 0 Å². The number of piperidine rings is 1. The molecule has 0 radical (unpaired) electrons. The summed E-state index contributed by atoms with van der Waals surface area (Å²) in [4.78, 5) is 41.3. The fourth-order valence-corrected chi connectivity index (χ4v) is 3.77. The molecule has 1 fully saturated rings. The summed E-state index contributed by atoms with van der Waals surface area (Å²) >= 11 is 0. The Kier molecular flexibility index (Phi) is 18.9. The fraction of sp³-hybridized carbons (Fsp3) is 0.821. The SMILES string of the molecule is CC.CCC.CCC1CCC(C(=O)NC(C(=O)N(C)C/C=C(\C)C(C)=O)C(C)C)N(C(C)C)C1. The van der Waals surface area contributed by atoms with E-state index in [-0.39, 0.29) is 35.6 Å². The number of carbonyl (C=O) groups is 3. The second-order valence-electron chi connectivity index (χ2n) is 9.76. The third-order valence-corrected chi connectivity index (χ3v) is 6.09. The van der Waals surface area contributed by atoms with Crippen LogP contribution in [0, 0.1) is 11.8 Å². The first-order chi connectivity index (χ1) is 15.9. The van der Waals surface area contributed by atoms with Crippen molar-refractivity contribution in [3.05, 3.63) is 11.6 Å². The molecule has 0 aromatic rings. The summed E-state index contributed by atoms with van der Waals surface area (Å²) < 4.78 is 0. The second-order valence-corrected chi connectivity index (χ2v) is 9.76. The smallest absolute Gasteiger partial charge is 0.245 e. The highest BCUT2D eigenvalue weighted by Crippen LogP contribution is 2.26. The molecule has 34 heavy (non-hydrogen) atoms. The van der Waals surface area contributed by atoms with Gasteiger partial charge in [-0.2, -0.15) is 0 Å². The van der Waals surface area contributed by atoms with Gasteiger partial charge in [-0.25, -0.2) is 0 Å². The number of carbonyl (C=O) groups excluding carboxylic acids is 3. The van der Waals surface area contributed by atoms with E-state index in [1.54, 1.807) is 24.9 Å². The zero-order valence-electron chi connectivity index (χ0n) is 24.3. The number of likely N-dealkylation sites (N-methyl/N-ethyl adjacent to an activating group) is 1. The first kappa shape index (κ1) is 34.5. The molecule has 2 amide bonds. The molecule has 0 saturated carbocycles. The van der Waals surface area contributed by atoms with Crippen LogP contribution in [0.15, 0.2) is 11.6 Å². The number of rotatable bonds is 9. The topological polar surface area (TPSA) is 69.7 Å². The van der Waals surface area contributed by atoms with Gasteiger partial charge in [-0.05, 0) is 57.9 Å². The standard InChI is InChI=1S/C23H41N3O3.C3H8.C2H6/c1-9-19-10-11-20(26(14-19)16(4)5)22(28)24-21(15(2)3)23(29)25(8)13-12-17(6)18(7)27;1-3-2;1-2/h12,15-16,19-21H,9-11,13-14H2,1-8H3,(H,24,28);3H2,1-2H3;1-2H3/b17-12+;;. The Morgan fingerprint density at radius 2 is 1.56 bits per heavy atom. The molecule has 0 spiro atoms. The van der Waals surface area contributed by atoms with Gasteiger partial charge >= 0.3 is 0 Å². The number of hydrogen-bond acceptors (Lipinski definition) is 4. The van der Waals surface area contributed by atoms with Crippen molar-refractivity contribution in [3.63, 3.8) is 0 Å². The summed E-state index contributed by atoms with van der Waals surface area (Å²) in [6, 6.07) is -0.468. The minimum atomic E-state index is -0.573. The van der Waals surface area contributed by atoms with Gasteiger partial charge in [0.15, 0.2) is 5.78 Å². The first-order valence-electron chi connectivity index (χ1n) is 13.4. The number of nitrogens with one attached hydrogen (secondary N) is 1. The maximum absolute atomic E-state index is 13.1. The van der Waals surface area contributed by atoms with Crippen LogP contribution in [0.4, 0.5) is 0 Å². The lowest BCUT2D eigenvalue weighted by Gasteiger charge is -2.41. The molecule has 3 unspecified atom stereocenters. The van der Waals surface area contributed by atoms with Gasteiger partial charge < -0.3 is 10.2 Å². The molecule has 1 aliphatic rings. The highest BCUT2D eigenvalue weighted by molar-refractivity contribution is 5.93. The molecule has 6 nitrogen and oxygen atoms in total. The molecule has 0 bridgehead atoms. The van der Waals surface area contributed by atoms with Gasteiger partial charge in [-0.15, -0.1) is 0 Å². The van der Waals surface area contributed by atoms with E-state index in [1.807, 2.05) is 27.7 Å². The van der Waals surface area contributed by atoms with Gasteiger partial charge in [-0.3, -0.25) is 19.3 Å². The van der Waals surface area contributed by atoms with Crippen LogP contribution >= 0.6 is 0 Å². The summed E-state index contributed by atoms with van der Waals surface area (Å²) in [5.74, 6) is 0.428. The van der Waals surface area contributed by atoms with Gasteiger partial charge in [0.05, 0.1) is 6.04 Å². The third kappa shape index (κ3) is 12.1. The fourth-order valence-electron chi connectivity index (χ4n) is 3.77. The van der Waals surface area contributed by atoms with Crippen molar-refractivity contribution in [2.45, 2.75) is 120 Å². The Labute approximate surface area is 210 Å². The van der Waals surface area contributed by atoms with Gasteiger partial charge in [0, 0.05) is 26.2 Å². The van der Waals surface area contributed by atoms with Crippen LogP contribution in [0.25, 0.3) is 0 Å². The average Bonchev–Trinajstić information content (AvgIpc) is 2.81. The van der Waals surface area contributed by atoms with Crippen molar-refractivity contribution in [1.82, 2.24) is 15.1 Å². The van der Waals surface area contributed by atoms with Crippen molar-refractivity contribution >= 4 is 17.6 Å². The summed E-state index contributed by atoms with van der Waals surface area (Å²) in [5, 5.41) is 3.04. The molecule has 6 heteroatoms. The lowest BCUT2D eigenvalue weighted by atomic mass is 9.89. The Morgan fingerprint density at radius 1 is 1.03 bits per heavy atom. The van der Waals surface area contributed by atoms with Crippen LogP contribution in [0.3, 0.4) is 0 Å². The molecule has 200 valence electrons. The van der Waals surface area contributed by atoms with Gasteiger partial charge in [0.1, 0.15) is 6.04 Å². The molecule has 1 rings (SSSR count). The lowest BCUT2D eigenvalue weighted by molar-refractivity contribution is -0.139. The number of Topliss-reactive ketones (excluding diaryl/α,β-unsaturated/α-hetero) is 1. The van der Waals surface area contributed by atoms with E-state index in [4.69, 9.17) is 0 Å². The summed E-state index contributed by atoms with van der Waals surface area (Å²) in [5.41, 5.74) is 0.634. The molecule has 1 N–H and O–H groups in total. The number of allylic oxidation sites excluding steroid dienone is 1. The van der Waals surface area contributed by atoms with Crippen LogP contribution in [0.1, 0.15) is 102 Å². The van der Waals surface area contributed by atoms with E-state index in [1.165, 1.54) is 13.3 Å². The summed E-state index contributed by atoms with van der Waals surface area (Å²) in [6.45, 7) is 23.1. The highest BCUT2D eigenvalue weighted by Gasteiger charge is 2.36. The zero-order chi connectivity index (χ0) is 27.0. The minimum absolute atomic E-state index is 0.00369. The summed E-state index contributed by atoms with van der Waals surface area (Å²) in [6.07, 6.45) is 6.01. The van der Waals surface area contributed by atoms with Gasteiger partial charge in [0.2, 0.25) is 11.8 Å². The van der Waals surface area contributed by atoms with Crippen LogP contribution < -0.4 is 5.32 Å². The second kappa shape index (κ2) is 18.6. The number of amides is 2. The monoisotopic (exact) mass is 481 g/mol. The quantitative estimate of drug-likeness (QED) is 0.444. The maximum Gasteiger partial charge on any atom is 0.245 e. The average molecular weight is 482 g/mol. The molecular formula is C28H55N3O3. The van der Waals surface area contributed by atoms with Crippen LogP contribution in [0.2, 0.25) is 0 Å². The molecule has 1 aliphatic heterocycles. The van der Waals surface area contributed by atoms with E-state index in [2.05, 4.69) is 44.8 Å². The molecule has 0 aromatic carbocycles. The maximum atomic E-state index is 13.1. The summed E-state index contributed by atoms with van der Waals surface area (Å²) in [7, 11) is 1.71. The van der Waals surface area contributed by atoms with Crippen molar-refractivity contribution < 1.29 is 14.4 Å². The highest BCUT2D eigenvalue weighted by atomic mass is 16.2. The molecule has 1 heterocycles. The minimum Gasteiger partial charge on any atom is -0.343 e. The van der Waals surface area contributed by atoms with Crippen LogP contribution in [-0.4, -0.2) is 65.7 Å². The van der Waals surface area contributed by atoms with Crippen molar-refractivity contribution in [1.29, 1.82) is 0 Å². The van der Waals surface area contributed by atoms with E-state index in [9.17, 15) is 14.4 Å². The normalized spacial score (nSPS) is 19.4. The largest absolute Gasteiger partial charge is 0.343 e. The molecule has 1 saturated heterocycles. The Morgan fingerprint density at radius 3 is 1.97 bits per heavy atom.